The summed E-state index contributed by atoms with van der Waals surface area (Å²) in [6, 6.07) is 13.2. The third-order valence-corrected chi connectivity index (χ3v) is 5.00. The first-order chi connectivity index (χ1) is 13.7. The van der Waals surface area contributed by atoms with E-state index < -0.39 is 0 Å². The first kappa shape index (κ1) is 16.4. The second kappa shape index (κ2) is 6.45. The molecule has 0 saturated heterocycles. The Morgan fingerprint density at radius 3 is 2.75 bits per heavy atom. The predicted octanol–water partition coefficient (Wildman–Crippen LogP) is 3.47. The molecule has 1 aliphatic rings. The van der Waals surface area contributed by atoms with Gasteiger partial charge in [-0.1, -0.05) is 12.1 Å². The summed E-state index contributed by atoms with van der Waals surface area (Å²) < 4.78 is 11.3. The van der Waals surface area contributed by atoms with Crippen LogP contribution in [0, 0.1) is 0 Å². The van der Waals surface area contributed by atoms with Crippen molar-refractivity contribution in [3.05, 3.63) is 69.6 Å². The van der Waals surface area contributed by atoms with Gasteiger partial charge >= 0.3 is 0 Å². The molecule has 2 aromatic carbocycles. The van der Waals surface area contributed by atoms with Gasteiger partial charge in [-0.25, -0.2) is 5.10 Å². The normalized spacial score (nSPS) is 14.5. The molecule has 0 radical (unpaired) electrons. The minimum absolute atomic E-state index is 0.00343. The van der Waals surface area contributed by atoms with Crippen molar-refractivity contribution in [1.82, 2.24) is 20.6 Å². The highest BCUT2D eigenvalue weighted by Gasteiger charge is 2.24. The quantitative estimate of drug-likeness (QED) is 0.592. The molecular formula is C21H16N4O3. The van der Waals surface area contributed by atoms with Crippen molar-refractivity contribution in [2.75, 3.05) is 7.11 Å². The van der Waals surface area contributed by atoms with Crippen LogP contribution in [0.5, 0.6) is 5.75 Å². The van der Waals surface area contributed by atoms with E-state index in [2.05, 4.69) is 26.7 Å². The van der Waals surface area contributed by atoms with Crippen LogP contribution in [0.4, 0.5) is 0 Å². The number of nitrogens with zero attached hydrogens (tertiary/aromatic N) is 3. The molecule has 2 heterocycles. The number of tetrazole rings is 1. The standard InChI is InChI=1S/C21H16N4O3/c1-27-15-6-2-12(3-7-15)10-13-4-8-16-19(26)17-11-14(21-22-24-25-23-21)5-9-18(17)28-20(13)16/h2-3,5-7,9-11H,4,8H2,1H3,(H,22,23,24,25). The molecule has 0 unspecified atom stereocenters. The average Bonchev–Trinajstić information content (AvgIpc) is 3.40. The molecule has 0 atom stereocenters. The summed E-state index contributed by atoms with van der Waals surface area (Å²) >= 11 is 0. The van der Waals surface area contributed by atoms with Gasteiger partial charge in [-0.2, -0.15) is 0 Å². The number of benzene rings is 2. The van der Waals surface area contributed by atoms with Gasteiger partial charge in [-0.05, 0) is 70.8 Å². The lowest BCUT2D eigenvalue weighted by Crippen LogP contribution is -2.08. The van der Waals surface area contributed by atoms with E-state index in [1.807, 2.05) is 30.3 Å². The van der Waals surface area contributed by atoms with Crippen LogP contribution in [0.2, 0.25) is 0 Å². The summed E-state index contributed by atoms with van der Waals surface area (Å²) in [6.07, 6.45) is 3.51. The Kier molecular flexibility index (Phi) is 3.79. The number of aromatic nitrogens is 4. The molecule has 1 aliphatic carbocycles. The summed E-state index contributed by atoms with van der Waals surface area (Å²) in [4.78, 5) is 13.1. The van der Waals surface area contributed by atoms with Crippen LogP contribution in [0.3, 0.4) is 0 Å². The van der Waals surface area contributed by atoms with Gasteiger partial charge in [0, 0.05) is 11.1 Å². The summed E-state index contributed by atoms with van der Waals surface area (Å²) in [6.45, 7) is 0. The van der Waals surface area contributed by atoms with Gasteiger partial charge in [0.15, 0.2) is 11.3 Å². The number of nitrogens with one attached hydrogen (secondary N) is 1. The fraction of sp³-hybridized carbons (Fsp3) is 0.143. The van der Waals surface area contributed by atoms with Gasteiger partial charge in [-0.15, -0.1) is 5.10 Å². The minimum Gasteiger partial charge on any atom is -0.497 e. The Morgan fingerprint density at radius 2 is 2.00 bits per heavy atom. The van der Waals surface area contributed by atoms with E-state index in [1.165, 1.54) is 0 Å². The van der Waals surface area contributed by atoms with Crippen LogP contribution in [0.1, 0.15) is 23.3 Å². The predicted molar refractivity (Wildman–Crippen MR) is 105 cm³/mol. The zero-order chi connectivity index (χ0) is 19.1. The number of ether oxygens (including phenoxy) is 1. The summed E-state index contributed by atoms with van der Waals surface area (Å²) in [5.74, 6) is 2.01. The van der Waals surface area contributed by atoms with Crippen LogP contribution < -0.4 is 10.2 Å². The number of hydrogen-bond acceptors (Lipinski definition) is 6. The van der Waals surface area contributed by atoms with E-state index >= 15 is 0 Å². The maximum Gasteiger partial charge on any atom is 0.196 e. The molecule has 4 aromatic rings. The second-order valence-corrected chi connectivity index (χ2v) is 6.64. The fourth-order valence-corrected chi connectivity index (χ4v) is 3.56. The Labute approximate surface area is 159 Å². The molecular weight excluding hydrogens is 356 g/mol. The van der Waals surface area contributed by atoms with Crippen molar-refractivity contribution in [3.8, 4) is 17.1 Å². The third kappa shape index (κ3) is 2.68. The molecule has 0 amide bonds. The van der Waals surface area contributed by atoms with E-state index in [9.17, 15) is 4.79 Å². The molecule has 0 fully saturated rings. The lowest BCUT2D eigenvalue weighted by atomic mass is 10.1. The van der Waals surface area contributed by atoms with Crippen molar-refractivity contribution < 1.29 is 9.15 Å². The van der Waals surface area contributed by atoms with Crippen molar-refractivity contribution in [3.63, 3.8) is 0 Å². The topological polar surface area (TPSA) is 93.9 Å². The Balaban J connectivity index is 1.60. The Hall–Kier alpha value is -3.74. The molecule has 2 aromatic heterocycles. The minimum atomic E-state index is 0.00343. The monoisotopic (exact) mass is 372 g/mol. The van der Waals surface area contributed by atoms with Crippen LogP contribution >= 0.6 is 0 Å². The van der Waals surface area contributed by atoms with Gasteiger partial charge in [0.25, 0.3) is 0 Å². The highest BCUT2D eigenvalue weighted by molar-refractivity contribution is 5.88. The fourth-order valence-electron chi connectivity index (χ4n) is 3.56. The number of rotatable bonds is 3. The van der Waals surface area contributed by atoms with E-state index in [1.54, 1.807) is 19.2 Å². The number of hydrogen-bond donors (Lipinski definition) is 1. The smallest absolute Gasteiger partial charge is 0.196 e. The van der Waals surface area contributed by atoms with Gasteiger partial charge in [0.2, 0.25) is 0 Å². The first-order valence-corrected chi connectivity index (χ1v) is 8.92. The zero-order valence-electron chi connectivity index (χ0n) is 15.1. The van der Waals surface area contributed by atoms with Crippen LogP contribution in [0.15, 0.2) is 51.7 Å². The molecule has 1 N–H and O–H groups in total. The van der Waals surface area contributed by atoms with E-state index in [4.69, 9.17) is 9.15 Å². The van der Waals surface area contributed by atoms with Crippen LogP contribution in [0.25, 0.3) is 34.0 Å². The SMILES string of the molecule is COc1ccc(C=C2CCc3c2oc2ccc(-c4nnn[nH]4)cc2c3=O)cc1. The molecule has 7 nitrogen and oxygen atoms in total. The van der Waals surface area contributed by atoms with E-state index in [0.29, 0.717) is 29.0 Å². The largest absolute Gasteiger partial charge is 0.497 e. The number of allylic oxidation sites excluding steroid dienone is 1. The maximum absolute atomic E-state index is 13.1. The highest BCUT2D eigenvalue weighted by atomic mass is 16.5. The molecule has 0 aliphatic heterocycles. The van der Waals surface area contributed by atoms with Gasteiger partial charge in [0.1, 0.15) is 17.1 Å². The Bertz CT molecular complexity index is 1260. The third-order valence-electron chi connectivity index (χ3n) is 5.00. The molecule has 0 saturated carbocycles. The van der Waals surface area contributed by atoms with Gasteiger partial charge < -0.3 is 9.15 Å². The lowest BCUT2D eigenvalue weighted by Gasteiger charge is -2.05. The molecule has 5 rings (SSSR count). The Morgan fingerprint density at radius 1 is 1.14 bits per heavy atom. The molecule has 0 bridgehead atoms. The number of fused-ring (bicyclic) bond motifs is 2. The van der Waals surface area contributed by atoms with Crippen molar-refractivity contribution in [2.45, 2.75) is 12.8 Å². The maximum atomic E-state index is 13.1. The van der Waals surface area contributed by atoms with Crippen molar-refractivity contribution in [2.24, 2.45) is 0 Å². The van der Waals surface area contributed by atoms with E-state index in [0.717, 1.165) is 34.4 Å². The summed E-state index contributed by atoms with van der Waals surface area (Å²) in [5, 5.41) is 14.3. The van der Waals surface area contributed by atoms with Gasteiger partial charge in [-0.3, -0.25) is 4.79 Å². The van der Waals surface area contributed by atoms with Crippen LogP contribution in [-0.4, -0.2) is 27.7 Å². The molecule has 7 heteroatoms. The van der Waals surface area contributed by atoms with Crippen molar-refractivity contribution in [1.29, 1.82) is 0 Å². The highest BCUT2D eigenvalue weighted by Crippen LogP contribution is 2.34. The molecule has 0 spiro atoms. The van der Waals surface area contributed by atoms with Crippen molar-refractivity contribution >= 4 is 22.6 Å². The first-order valence-electron chi connectivity index (χ1n) is 8.92. The summed E-state index contributed by atoms with van der Waals surface area (Å²) in [5.41, 5.74) is 4.10. The zero-order valence-corrected chi connectivity index (χ0v) is 15.1. The van der Waals surface area contributed by atoms with E-state index in [-0.39, 0.29) is 5.43 Å². The summed E-state index contributed by atoms with van der Waals surface area (Å²) in [7, 11) is 1.64. The molecule has 28 heavy (non-hydrogen) atoms. The molecule has 138 valence electrons. The number of aromatic amines is 1. The lowest BCUT2D eigenvalue weighted by molar-refractivity contribution is 0.415. The second-order valence-electron chi connectivity index (χ2n) is 6.64. The van der Waals surface area contributed by atoms with Gasteiger partial charge in [0.05, 0.1) is 12.5 Å². The average molecular weight is 372 g/mol. The number of H-pyrrole nitrogens is 1. The number of methoxy groups -OCH3 is 1. The van der Waals surface area contributed by atoms with Crippen LogP contribution in [-0.2, 0) is 6.42 Å².